The van der Waals surface area contributed by atoms with Gasteiger partial charge in [-0.25, -0.2) is 4.79 Å². The number of aliphatic hydroxyl groups is 1. The van der Waals surface area contributed by atoms with Crippen LogP contribution in [-0.4, -0.2) is 18.2 Å². The lowest BCUT2D eigenvalue weighted by Gasteiger charge is -2.39. The van der Waals surface area contributed by atoms with E-state index in [-0.39, 0.29) is 11.7 Å². The average molecular weight is 252 g/mol. The second-order valence-electron chi connectivity index (χ2n) is 5.36. The molecule has 0 amide bonds. The zero-order valence-corrected chi connectivity index (χ0v) is 11.1. The first-order valence-electron chi connectivity index (χ1n) is 6.38. The second-order valence-corrected chi connectivity index (χ2v) is 5.36. The quantitative estimate of drug-likeness (QED) is 0.822. The highest BCUT2D eigenvalue weighted by molar-refractivity contribution is 5.86. The monoisotopic (exact) mass is 252 g/mol. The SMILES string of the molecule is COC(=O)c1ccc(C2(O)CCC(C)CC2C)o1. The summed E-state index contributed by atoms with van der Waals surface area (Å²) in [7, 11) is 1.31. The molecule has 1 saturated carbocycles. The van der Waals surface area contributed by atoms with Gasteiger partial charge >= 0.3 is 5.97 Å². The van der Waals surface area contributed by atoms with Crippen molar-refractivity contribution in [2.24, 2.45) is 11.8 Å². The molecule has 3 atom stereocenters. The molecular formula is C14H20O4. The van der Waals surface area contributed by atoms with E-state index in [0.717, 1.165) is 12.8 Å². The smallest absolute Gasteiger partial charge is 0.373 e. The fraction of sp³-hybridized carbons (Fsp3) is 0.643. The Morgan fingerprint density at radius 2 is 2.22 bits per heavy atom. The van der Waals surface area contributed by atoms with Crippen LogP contribution in [0.1, 0.15) is 49.4 Å². The van der Waals surface area contributed by atoms with Crippen LogP contribution in [-0.2, 0) is 10.3 Å². The number of rotatable bonds is 2. The molecule has 100 valence electrons. The van der Waals surface area contributed by atoms with Gasteiger partial charge in [0.05, 0.1) is 7.11 Å². The maximum Gasteiger partial charge on any atom is 0.373 e. The normalized spacial score (nSPS) is 32.2. The minimum absolute atomic E-state index is 0.123. The molecular weight excluding hydrogens is 232 g/mol. The van der Waals surface area contributed by atoms with Crippen molar-refractivity contribution in [3.63, 3.8) is 0 Å². The lowest BCUT2D eigenvalue weighted by molar-refractivity contribution is -0.0749. The number of hydrogen-bond donors (Lipinski definition) is 1. The molecule has 0 spiro atoms. The fourth-order valence-electron chi connectivity index (χ4n) is 2.78. The van der Waals surface area contributed by atoms with Gasteiger partial charge in [-0.05, 0) is 43.2 Å². The number of carbonyl (C=O) groups is 1. The van der Waals surface area contributed by atoms with Gasteiger partial charge in [-0.15, -0.1) is 0 Å². The van der Waals surface area contributed by atoms with Crippen molar-refractivity contribution in [2.45, 2.75) is 38.7 Å². The number of hydrogen-bond acceptors (Lipinski definition) is 4. The number of esters is 1. The van der Waals surface area contributed by atoms with Gasteiger partial charge < -0.3 is 14.3 Å². The van der Waals surface area contributed by atoms with E-state index in [1.54, 1.807) is 12.1 Å². The van der Waals surface area contributed by atoms with E-state index in [1.807, 2.05) is 6.92 Å². The summed E-state index contributed by atoms with van der Waals surface area (Å²) in [6.45, 7) is 4.22. The van der Waals surface area contributed by atoms with Crippen molar-refractivity contribution in [3.8, 4) is 0 Å². The number of methoxy groups -OCH3 is 1. The molecule has 18 heavy (non-hydrogen) atoms. The molecule has 3 unspecified atom stereocenters. The second kappa shape index (κ2) is 4.76. The third kappa shape index (κ3) is 2.17. The van der Waals surface area contributed by atoms with E-state index in [1.165, 1.54) is 7.11 Å². The minimum atomic E-state index is -0.960. The third-order valence-corrected chi connectivity index (χ3v) is 4.01. The molecule has 1 aromatic rings. The Morgan fingerprint density at radius 3 is 2.83 bits per heavy atom. The lowest BCUT2D eigenvalue weighted by Crippen LogP contribution is -2.38. The maximum absolute atomic E-state index is 11.3. The Balaban J connectivity index is 2.24. The van der Waals surface area contributed by atoms with Crippen LogP contribution in [0.4, 0.5) is 0 Å². The van der Waals surface area contributed by atoms with Crippen molar-refractivity contribution in [3.05, 3.63) is 23.7 Å². The summed E-state index contributed by atoms with van der Waals surface area (Å²) >= 11 is 0. The molecule has 0 aliphatic heterocycles. The van der Waals surface area contributed by atoms with Gasteiger partial charge in [-0.1, -0.05) is 13.8 Å². The summed E-state index contributed by atoms with van der Waals surface area (Å²) in [6.07, 6.45) is 2.60. The first-order valence-corrected chi connectivity index (χ1v) is 6.38. The van der Waals surface area contributed by atoms with Crippen molar-refractivity contribution in [2.75, 3.05) is 7.11 Å². The molecule has 0 aromatic carbocycles. The van der Waals surface area contributed by atoms with E-state index < -0.39 is 11.6 Å². The number of carbonyl (C=O) groups excluding carboxylic acids is 1. The van der Waals surface area contributed by atoms with Crippen molar-refractivity contribution < 1.29 is 19.1 Å². The molecule has 0 bridgehead atoms. The summed E-state index contributed by atoms with van der Waals surface area (Å²) in [6, 6.07) is 3.24. The van der Waals surface area contributed by atoms with Gasteiger partial charge in [0.1, 0.15) is 11.4 Å². The largest absolute Gasteiger partial charge is 0.463 e. The predicted molar refractivity (Wildman–Crippen MR) is 66.1 cm³/mol. The standard InChI is InChI=1S/C14H20O4/c1-9-6-7-14(16,10(2)8-9)12-5-4-11(18-12)13(15)17-3/h4-5,9-10,16H,6-8H2,1-3H3. The molecule has 1 fully saturated rings. The topological polar surface area (TPSA) is 59.7 Å². The molecule has 1 aliphatic rings. The molecule has 0 radical (unpaired) electrons. The van der Waals surface area contributed by atoms with Crippen molar-refractivity contribution >= 4 is 5.97 Å². The van der Waals surface area contributed by atoms with E-state index in [2.05, 4.69) is 11.7 Å². The van der Waals surface area contributed by atoms with Crippen LogP contribution < -0.4 is 0 Å². The molecule has 1 aromatic heterocycles. The van der Waals surface area contributed by atoms with Gasteiger partial charge in [-0.3, -0.25) is 0 Å². The minimum Gasteiger partial charge on any atom is -0.463 e. The van der Waals surface area contributed by atoms with Gasteiger partial charge in [0, 0.05) is 0 Å². The molecule has 4 nitrogen and oxygen atoms in total. The van der Waals surface area contributed by atoms with Crippen LogP contribution in [0.2, 0.25) is 0 Å². The van der Waals surface area contributed by atoms with Crippen LogP contribution in [0.15, 0.2) is 16.5 Å². The highest BCUT2D eigenvalue weighted by Gasteiger charge is 2.42. The highest BCUT2D eigenvalue weighted by atomic mass is 16.5. The summed E-state index contributed by atoms with van der Waals surface area (Å²) in [4.78, 5) is 11.3. The average Bonchev–Trinajstić information content (AvgIpc) is 2.83. The van der Waals surface area contributed by atoms with Crippen LogP contribution in [0.25, 0.3) is 0 Å². The van der Waals surface area contributed by atoms with Gasteiger partial charge in [-0.2, -0.15) is 0 Å². The Kier molecular flexibility index (Phi) is 3.48. The summed E-state index contributed by atoms with van der Waals surface area (Å²) in [5.41, 5.74) is -0.960. The molecule has 1 heterocycles. The summed E-state index contributed by atoms with van der Waals surface area (Å²) < 4.78 is 10.1. The van der Waals surface area contributed by atoms with Gasteiger partial charge in [0.2, 0.25) is 5.76 Å². The van der Waals surface area contributed by atoms with E-state index in [9.17, 15) is 9.90 Å². The third-order valence-electron chi connectivity index (χ3n) is 4.01. The Hall–Kier alpha value is -1.29. The van der Waals surface area contributed by atoms with E-state index >= 15 is 0 Å². The molecule has 4 heteroatoms. The Labute approximate surface area is 107 Å². The molecule has 0 saturated heterocycles. The van der Waals surface area contributed by atoms with Crippen LogP contribution in [0, 0.1) is 11.8 Å². The lowest BCUT2D eigenvalue weighted by atomic mass is 9.71. The fourth-order valence-corrected chi connectivity index (χ4v) is 2.78. The zero-order valence-electron chi connectivity index (χ0n) is 11.1. The summed E-state index contributed by atoms with van der Waals surface area (Å²) in [5, 5.41) is 10.8. The number of furan rings is 1. The Morgan fingerprint density at radius 1 is 1.50 bits per heavy atom. The predicted octanol–water partition coefficient (Wildman–Crippen LogP) is 2.71. The van der Waals surface area contributed by atoms with Crippen LogP contribution in [0.3, 0.4) is 0 Å². The van der Waals surface area contributed by atoms with E-state index in [0.29, 0.717) is 18.1 Å². The van der Waals surface area contributed by atoms with Gasteiger partial charge in [0.15, 0.2) is 0 Å². The van der Waals surface area contributed by atoms with Crippen LogP contribution >= 0.6 is 0 Å². The number of ether oxygens (including phenoxy) is 1. The van der Waals surface area contributed by atoms with Crippen LogP contribution in [0.5, 0.6) is 0 Å². The maximum atomic E-state index is 11.3. The zero-order chi connectivity index (χ0) is 13.3. The first kappa shape index (κ1) is 13.1. The van der Waals surface area contributed by atoms with E-state index in [4.69, 9.17) is 4.42 Å². The highest BCUT2D eigenvalue weighted by Crippen LogP contribution is 2.44. The van der Waals surface area contributed by atoms with Crippen molar-refractivity contribution in [1.82, 2.24) is 0 Å². The molecule has 1 aliphatic carbocycles. The first-order chi connectivity index (χ1) is 8.47. The van der Waals surface area contributed by atoms with Gasteiger partial charge in [0.25, 0.3) is 0 Å². The van der Waals surface area contributed by atoms with Crippen molar-refractivity contribution in [1.29, 1.82) is 0 Å². The summed E-state index contributed by atoms with van der Waals surface area (Å²) in [5.74, 6) is 0.851. The Bertz CT molecular complexity index is 437. The molecule has 1 N–H and O–H groups in total. The molecule has 2 rings (SSSR count).